The van der Waals surface area contributed by atoms with Crippen molar-refractivity contribution in [1.82, 2.24) is 4.90 Å². The SMILES string of the molecule is CCC(C)c1ccccc1OCC(=O)N1CCCC[C@@H]1C(=O)O. The van der Waals surface area contributed by atoms with Gasteiger partial charge < -0.3 is 14.7 Å². The number of carboxylic acids is 1. The summed E-state index contributed by atoms with van der Waals surface area (Å²) in [6.45, 7) is 4.61. The molecule has 126 valence electrons. The quantitative estimate of drug-likeness (QED) is 0.875. The number of carbonyl (C=O) groups is 2. The minimum atomic E-state index is -0.932. The Morgan fingerprint density at radius 2 is 2.09 bits per heavy atom. The van der Waals surface area contributed by atoms with Crippen molar-refractivity contribution < 1.29 is 19.4 Å². The van der Waals surface area contributed by atoms with E-state index in [0.29, 0.717) is 24.6 Å². The van der Waals surface area contributed by atoms with Gasteiger partial charge in [0.25, 0.3) is 5.91 Å². The third-order valence-electron chi connectivity index (χ3n) is 4.52. The standard InChI is InChI=1S/C18H25NO4/c1-3-13(2)14-8-4-5-10-16(14)23-12-17(20)19-11-7-6-9-15(19)18(21)22/h4-5,8,10,13,15H,3,6-7,9,11-12H2,1-2H3,(H,21,22)/t13?,15-/m1/s1. The lowest BCUT2D eigenvalue weighted by atomic mass is 9.98. The van der Waals surface area contributed by atoms with Crippen molar-refractivity contribution >= 4 is 11.9 Å². The fourth-order valence-corrected chi connectivity index (χ4v) is 2.95. The largest absolute Gasteiger partial charge is 0.483 e. The van der Waals surface area contributed by atoms with E-state index in [1.807, 2.05) is 24.3 Å². The predicted octanol–water partition coefficient (Wildman–Crippen LogP) is 3.04. The molecule has 1 aromatic carbocycles. The Labute approximate surface area is 137 Å². The minimum absolute atomic E-state index is 0.114. The monoisotopic (exact) mass is 319 g/mol. The van der Waals surface area contributed by atoms with E-state index in [9.17, 15) is 14.7 Å². The van der Waals surface area contributed by atoms with Crippen LogP contribution in [0, 0.1) is 0 Å². The zero-order chi connectivity index (χ0) is 16.8. The van der Waals surface area contributed by atoms with Gasteiger partial charge >= 0.3 is 5.97 Å². The molecule has 0 aromatic heterocycles. The number of amides is 1. The Morgan fingerprint density at radius 1 is 1.35 bits per heavy atom. The number of piperidine rings is 1. The number of nitrogens with zero attached hydrogens (tertiary/aromatic N) is 1. The van der Waals surface area contributed by atoms with E-state index in [1.54, 1.807) is 0 Å². The second kappa shape index (κ2) is 7.99. The first-order valence-electron chi connectivity index (χ1n) is 8.28. The van der Waals surface area contributed by atoms with Crippen molar-refractivity contribution in [1.29, 1.82) is 0 Å². The highest BCUT2D eigenvalue weighted by atomic mass is 16.5. The molecule has 1 aliphatic heterocycles. The van der Waals surface area contributed by atoms with E-state index in [1.165, 1.54) is 4.90 Å². The van der Waals surface area contributed by atoms with Crippen LogP contribution >= 0.6 is 0 Å². The number of aliphatic carboxylic acids is 1. The molecule has 2 rings (SSSR count). The molecule has 1 aliphatic rings. The molecule has 0 saturated carbocycles. The number of para-hydroxylation sites is 1. The Bertz CT molecular complexity index is 558. The number of carboxylic acid groups (broad SMARTS) is 1. The molecule has 1 unspecified atom stereocenters. The number of carbonyl (C=O) groups excluding carboxylic acids is 1. The summed E-state index contributed by atoms with van der Waals surface area (Å²) in [6.07, 6.45) is 3.20. The average molecular weight is 319 g/mol. The van der Waals surface area contributed by atoms with Gasteiger partial charge in [0.2, 0.25) is 0 Å². The first-order valence-corrected chi connectivity index (χ1v) is 8.28. The molecule has 1 fully saturated rings. The maximum atomic E-state index is 12.4. The van der Waals surface area contributed by atoms with Crippen LogP contribution in [0.1, 0.15) is 51.0 Å². The number of hydrogen-bond acceptors (Lipinski definition) is 3. The number of likely N-dealkylation sites (tertiary alicyclic amines) is 1. The average Bonchev–Trinajstić information content (AvgIpc) is 2.59. The van der Waals surface area contributed by atoms with Crippen LogP contribution in [0.4, 0.5) is 0 Å². The van der Waals surface area contributed by atoms with E-state index < -0.39 is 12.0 Å². The molecule has 1 amide bonds. The van der Waals surface area contributed by atoms with Crippen LogP contribution in [0.25, 0.3) is 0 Å². The van der Waals surface area contributed by atoms with E-state index in [2.05, 4.69) is 13.8 Å². The van der Waals surface area contributed by atoms with Crippen molar-refractivity contribution in [3.63, 3.8) is 0 Å². The predicted molar refractivity (Wildman–Crippen MR) is 87.6 cm³/mol. The Hall–Kier alpha value is -2.04. The van der Waals surface area contributed by atoms with Crippen LogP contribution in [-0.2, 0) is 9.59 Å². The van der Waals surface area contributed by atoms with Gasteiger partial charge in [0.05, 0.1) is 0 Å². The van der Waals surface area contributed by atoms with Gasteiger partial charge in [0, 0.05) is 6.54 Å². The molecule has 0 spiro atoms. The number of ether oxygens (including phenoxy) is 1. The van der Waals surface area contributed by atoms with Gasteiger partial charge in [-0.2, -0.15) is 0 Å². The summed E-state index contributed by atoms with van der Waals surface area (Å²) in [5.74, 6) is -0.128. The smallest absolute Gasteiger partial charge is 0.326 e. The molecule has 2 atom stereocenters. The van der Waals surface area contributed by atoms with Crippen molar-refractivity contribution in [3.8, 4) is 5.75 Å². The molecule has 5 nitrogen and oxygen atoms in total. The lowest BCUT2D eigenvalue weighted by Gasteiger charge is -2.32. The van der Waals surface area contributed by atoms with Crippen LogP contribution in [-0.4, -0.2) is 41.1 Å². The molecule has 1 aromatic rings. The molecule has 5 heteroatoms. The van der Waals surface area contributed by atoms with Gasteiger partial charge in [-0.3, -0.25) is 4.79 Å². The number of benzene rings is 1. The lowest BCUT2D eigenvalue weighted by molar-refractivity contribution is -0.152. The molecular formula is C18H25NO4. The first kappa shape index (κ1) is 17.3. The summed E-state index contributed by atoms with van der Waals surface area (Å²) < 4.78 is 5.72. The molecule has 1 heterocycles. The number of hydrogen-bond donors (Lipinski definition) is 1. The van der Waals surface area contributed by atoms with Crippen molar-refractivity contribution in [2.75, 3.05) is 13.2 Å². The Morgan fingerprint density at radius 3 is 2.78 bits per heavy atom. The van der Waals surface area contributed by atoms with E-state index >= 15 is 0 Å². The van der Waals surface area contributed by atoms with Gasteiger partial charge in [0.15, 0.2) is 6.61 Å². The molecular weight excluding hydrogens is 294 g/mol. The highest BCUT2D eigenvalue weighted by Crippen LogP contribution is 2.28. The highest BCUT2D eigenvalue weighted by Gasteiger charge is 2.32. The Balaban J connectivity index is 2.03. The van der Waals surface area contributed by atoms with Crippen LogP contribution in [0.3, 0.4) is 0 Å². The third-order valence-corrected chi connectivity index (χ3v) is 4.52. The van der Waals surface area contributed by atoms with Gasteiger partial charge in [0.1, 0.15) is 11.8 Å². The summed E-state index contributed by atoms with van der Waals surface area (Å²) in [7, 11) is 0. The van der Waals surface area contributed by atoms with Crippen molar-refractivity contribution in [2.24, 2.45) is 0 Å². The fraction of sp³-hybridized carbons (Fsp3) is 0.556. The van der Waals surface area contributed by atoms with E-state index in [0.717, 1.165) is 24.8 Å². The zero-order valence-corrected chi connectivity index (χ0v) is 13.8. The van der Waals surface area contributed by atoms with Gasteiger partial charge in [-0.25, -0.2) is 4.79 Å². The molecule has 0 aliphatic carbocycles. The van der Waals surface area contributed by atoms with Crippen LogP contribution in [0.2, 0.25) is 0 Å². The van der Waals surface area contributed by atoms with E-state index in [4.69, 9.17) is 4.74 Å². The summed E-state index contributed by atoms with van der Waals surface area (Å²) in [5.41, 5.74) is 1.08. The second-order valence-electron chi connectivity index (χ2n) is 6.07. The van der Waals surface area contributed by atoms with Crippen molar-refractivity contribution in [2.45, 2.75) is 51.5 Å². The molecule has 1 saturated heterocycles. The topological polar surface area (TPSA) is 66.8 Å². The Kier molecular flexibility index (Phi) is 6.02. The van der Waals surface area contributed by atoms with Crippen LogP contribution < -0.4 is 4.74 Å². The van der Waals surface area contributed by atoms with Crippen LogP contribution in [0.15, 0.2) is 24.3 Å². The maximum Gasteiger partial charge on any atom is 0.326 e. The van der Waals surface area contributed by atoms with Gasteiger partial charge in [-0.1, -0.05) is 32.0 Å². The third kappa shape index (κ3) is 4.24. The maximum absolute atomic E-state index is 12.4. The summed E-state index contributed by atoms with van der Waals surface area (Å²) in [6, 6.07) is 6.99. The molecule has 0 radical (unpaired) electrons. The van der Waals surface area contributed by atoms with Gasteiger partial charge in [-0.05, 0) is 43.2 Å². The zero-order valence-electron chi connectivity index (χ0n) is 13.8. The highest BCUT2D eigenvalue weighted by molar-refractivity contribution is 5.84. The minimum Gasteiger partial charge on any atom is -0.483 e. The summed E-state index contributed by atoms with van der Waals surface area (Å²) >= 11 is 0. The van der Waals surface area contributed by atoms with Crippen LogP contribution in [0.5, 0.6) is 5.75 Å². The normalized spacial score (nSPS) is 19.2. The van der Waals surface area contributed by atoms with Crippen molar-refractivity contribution in [3.05, 3.63) is 29.8 Å². The summed E-state index contributed by atoms with van der Waals surface area (Å²) in [4.78, 5) is 25.1. The molecule has 0 bridgehead atoms. The molecule has 1 N–H and O–H groups in total. The molecule has 23 heavy (non-hydrogen) atoms. The number of rotatable bonds is 6. The second-order valence-corrected chi connectivity index (χ2v) is 6.07. The fourth-order valence-electron chi connectivity index (χ4n) is 2.95. The van der Waals surface area contributed by atoms with Gasteiger partial charge in [-0.15, -0.1) is 0 Å². The first-order chi connectivity index (χ1) is 11.0. The lowest BCUT2D eigenvalue weighted by Crippen LogP contribution is -2.49. The van der Waals surface area contributed by atoms with E-state index in [-0.39, 0.29) is 12.5 Å². The summed E-state index contributed by atoms with van der Waals surface area (Å²) in [5, 5.41) is 9.26.